The Morgan fingerprint density at radius 3 is 2.70 bits per heavy atom. The highest BCUT2D eigenvalue weighted by Crippen LogP contribution is 2.43. The lowest BCUT2D eigenvalue weighted by molar-refractivity contribution is 0.408. The van der Waals surface area contributed by atoms with E-state index >= 15 is 0 Å². The summed E-state index contributed by atoms with van der Waals surface area (Å²) in [6.07, 6.45) is 3.72. The summed E-state index contributed by atoms with van der Waals surface area (Å²) in [5.74, 6) is 2.18. The second-order valence-corrected chi connectivity index (χ2v) is 5.58. The van der Waals surface area contributed by atoms with Gasteiger partial charge in [0.2, 0.25) is 0 Å². The molecular formula is C16H21N3O. The average molecular weight is 271 g/mol. The molecular weight excluding hydrogens is 250 g/mol. The lowest BCUT2D eigenvalue weighted by Gasteiger charge is -2.24. The molecule has 2 aromatic rings. The van der Waals surface area contributed by atoms with Gasteiger partial charge in [0.25, 0.3) is 0 Å². The Bertz CT molecular complexity index is 641. The van der Waals surface area contributed by atoms with E-state index < -0.39 is 0 Å². The van der Waals surface area contributed by atoms with Crippen LogP contribution in [0.5, 0.6) is 5.75 Å². The van der Waals surface area contributed by atoms with Crippen molar-refractivity contribution in [2.24, 2.45) is 7.05 Å². The van der Waals surface area contributed by atoms with E-state index in [1.165, 1.54) is 19.3 Å². The average Bonchev–Trinajstić information content (AvgIpc) is 2.65. The van der Waals surface area contributed by atoms with Gasteiger partial charge in [0.05, 0.1) is 12.8 Å². The minimum Gasteiger partial charge on any atom is -0.496 e. The molecule has 4 nitrogen and oxygen atoms in total. The van der Waals surface area contributed by atoms with Gasteiger partial charge < -0.3 is 10.5 Å². The van der Waals surface area contributed by atoms with Gasteiger partial charge in [-0.15, -0.1) is 0 Å². The smallest absolute Gasteiger partial charge is 0.129 e. The first-order valence-corrected chi connectivity index (χ1v) is 7.09. The molecule has 1 aromatic carbocycles. The number of aromatic nitrogens is 2. The summed E-state index contributed by atoms with van der Waals surface area (Å²) in [6.45, 7) is 2.04. The first kappa shape index (κ1) is 13.0. The summed E-state index contributed by atoms with van der Waals surface area (Å²) in [7, 11) is 3.61. The minimum absolute atomic E-state index is 0.556. The van der Waals surface area contributed by atoms with Crippen molar-refractivity contribution in [3.8, 4) is 16.9 Å². The zero-order valence-electron chi connectivity index (χ0n) is 12.3. The lowest BCUT2D eigenvalue weighted by Crippen LogP contribution is -2.10. The molecule has 0 saturated heterocycles. The molecule has 0 amide bonds. The Labute approximate surface area is 119 Å². The number of hydrogen-bond acceptors (Lipinski definition) is 3. The summed E-state index contributed by atoms with van der Waals surface area (Å²) < 4.78 is 7.21. The van der Waals surface area contributed by atoms with Crippen LogP contribution >= 0.6 is 0 Å². The Morgan fingerprint density at radius 1 is 1.35 bits per heavy atom. The molecule has 2 N–H and O–H groups in total. The molecule has 1 aliphatic rings. The zero-order chi connectivity index (χ0) is 14.3. The van der Waals surface area contributed by atoms with E-state index in [4.69, 9.17) is 10.5 Å². The number of aryl methyl sites for hydroxylation is 2. The van der Waals surface area contributed by atoms with Gasteiger partial charge in [0, 0.05) is 18.5 Å². The first-order chi connectivity index (χ1) is 9.61. The van der Waals surface area contributed by atoms with Crippen LogP contribution in [-0.2, 0) is 7.05 Å². The SMILES string of the molecule is COc1cc(-c2c(C3CCC3)nn(C)c2N)ccc1C. The van der Waals surface area contributed by atoms with Crippen LogP contribution in [0, 0.1) is 6.92 Å². The number of hydrogen-bond donors (Lipinski definition) is 1. The van der Waals surface area contributed by atoms with Crippen molar-refractivity contribution in [2.45, 2.75) is 32.1 Å². The third-order valence-corrected chi connectivity index (χ3v) is 4.31. The van der Waals surface area contributed by atoms with Gasteiger partial charge in [0.15, 0.2) is 0 Å². The molecule has 4 heteroatoms. The van der Waals surface area contributed by atoms with Gasteiger partial charge in [-0.2, -0.15) is 5.10 Å². The Kier molecular flexibility index (Phi) is 3.16. The van der Waals surface area contributed by atoms with Gasteiger partial charge in [-0.25, -0.2) is 0 Å². The van der Waals surface area contributed by atoms with E-state index in [0.29, 0.717) is 5.92 Å². The van der Waals surface area contributed by atoms with Crippen LogP contribution in [0.4, 0.5) is 5.82 Å². The van der Waals surface area contributed by atoms with E-state index in [-0.39, 0.29) is 0 Å². The Morgan fingerprint density at radius 2 is 2.10 bits per heavy atom. The van der Waals surface area contributed by atoms with Crippen LogP contribution in [0.1, 0.15) is 36.4 Å². The van der Waals surface area contributed by atoms with Gasteiger partial charge in [0.1, 0.15) is 11.6 Å². The molecule has 106 valence electrons. The largest absolute Gasteiger partial charge is 0.496 e. The van der Waals surface area contributed by atoms with Crippen LogP contribution < -0.4 is 10.5 Å². The topological polar surface area (TPSA) is 53.1 Å². The van der Waals surface area contributed by atoms with Crippen molar-refractivity contribution < 1.29 is 4.74 Å². The molecule has 1 aromatic heterocycles. The normalized spacial score (nSPS) is 15.2. The molecule has 1 aliphatic carbocycles. The maximum atomic E-state index is 6.24. The number of nitrogens with two attached hydrogens (primary N) is 1. The van der Waals surface area contributed by atoms with Crippen molar-refractivity contribution in [2.75, 3.05) is 12.8 Å². The van der Waals surface area contributed by atoms with E-state index in [1.807, 2.05) is 14.0 Å². The number of nitrogen functional groups attached to an aromatic ring is 1. The summed E-state index contributed by atoms with van der Waals surface area (Å²) in [4.78, 5) is 0. The summed E-state index contributed by atoms with van der Waals surface area (Å²) in [5, 5.41) is 4.64. The second kappa shape index (κ2) is 4.85. The summed E-state index contributed by atoms with van der Waals surface area (Å²) in [5.41, 5.74) is 10.7. The van der Waals surface area contributed by atoms with E-state index in [2.05, 4.69) is 23.3 Å². The molecule has 1 fully saturated rings. The maximum Gasteiger partial charge on any atom is 0.129 e. The van der Waals surface area contributed by atoms with E-state index in [1.54, 1.807) is 11.8 Å². The zero-order valence-corrected chi connectivity index (χ0v) is 12.3. The third-order valence-electron chi connectivity index (χ3n) is 4.31. The molecule has 20 heavy (non-hydrogen) atoms. The summed E-state index contributed by atoms with van der Waals surface area (Å²) >= 11 is 0. The highest BCUT2D eigenvalue weighted by molar-refractivity contribution is 5.78. The fraction of sp³-hybridized carbons (Fsp3) is 0.438. The molecule has 1 heterocycles. The Hall–Kier alpha value is -1.97. The number of rotatable bonds is 3. The molecule has 1 saturated carbocycles. The monoisotopic (exact) mass is 271 g/mol. The molecule has 0 spiro atoms. The van der Waals surface area contributed by atoms with Crippen molar-refractivity contribution >= 4 is 5.82 Å². The van der Waals surface area contributed by atoms with Gasteiger partial charge in [-0.3, -0.25) is 4.68 Å². The van der Waals surface area contributed by atoms with Crippen LogP contribution in [-0.4, -0.2) is 16.9 Å². The van der Waals surface area contributed by atoms with Gasteiger partial charge in [-0.1, -0.05) is 18.6 Å². The number of nitrogens with zero attached hydrogens (tertiary/aromatic N) is 2. The predicted octanol–water partition coefficient (Wildman–Crippen LogP) is 3.25. The fourth-order valence-electron chi connectivity index (χ4n) is 2.80. The third kappa shape index (κ3) is 1.96. The van der Waals surface area contributed by atoms with Crippen LogP contribution in [0.25, 0.3) is 11.1 Å². The van der Waals surface area contributed by atoms with Crippen molar-refractivity contribution in [3.63, 3.8) is 0 Å². The molecule has 0 atom stereocenters. The van der Waals surface area contributed by atoms with Crippen molar-refractivity contribution in [1.82, 2.24) is 9.78 Å². The lowest BCUT2D eigenvalue weighted by atomic mass is 9.80. The molecule has 0 radical (unpaired) electrons. The van der Waals surface area contributed by atoms with Crippen molar-refractivity contribution in [1.29, 1.82) is 0 Å². The highest BCUT2D eigenvalue weighted by Gasteiger charge is 2.28. The van der Waals surface area contributed by atoms with E-state index in [0.717, 1.165) is 34.0 Å². The van der Waals surface area contributed by atoms with Gasteiger partial charge in [-0.05, 0) is 37.0 Å². The summed E-state index contributed by atoms with van der Waals surface area (Å²) in [6, 6.07) is 6.24. The number of ether oxygens (including phenoxy) is 1. The minimum atomic E-state index is 0.556. The highest BCUT2D eigenvalue weighted by atomic mass is 16.5. The Balaban J connectivity index is 2.13. The van der Waals surface area contributed by atoms with Crippen LogP contribution in [0.15, 0.2) is 18.2 Å². The molecule has 0 aliphatic heterocycles. The number of methoxy groups -OCH3 is 1. The van der Waals surface area contributed by atoms with Crippen LogP contribution in [0.2, 0.25) is 0 Å². The second-order valence-electron chi connectivity index (χ2n) is 5.58. The standard InChI is InChI=1S/C16H21N3O/c1-10-7-8-12(9-13(10)20-3)14-15(11-5-4-6-11)18-19(2)16(14)17/h7-9,11H,4-6,17H2,1-3H3. The number of benzene rings is 1. The predicted molar refractivity (Wildman–Crippen MR) is 80.9 cm³/mol. The van der Waals surface area contributed by atoms with Crippen molar-refractivity contribution in [3.05, 3.63) is 29.5 Å². The fourth-order valence-corrected chi connectivity index (χ4v) is 2.80. The number of anilines is 1. The first-order valence-electron chi connectivity index (χ1n) is 7.09. The molecule has 3 rings (SSSR count). The quantitative estimate of drug-likeness (QED) is 0.932. The van der Waals surface area contributed by atoms with Crippen LogP contribution in [0.3, 0.4) is 0 Å². The van der Waals surface area contributed by atoms with E-state index in [9.17, 15) is 0 Å². The molecule has 0 bridgehead atoms. The van der Waals surface area contributed by atoms with Gasteiger partial charge >= 0.3 is 0 Å². The molecule has 0 unspecified atom stereocenters. The maximum absolute atomic E-state index is 6.24.